The summed E-state index contributed by atoms with van der Waals surface area (Å²) in [6, 6.07) is 11.0. The molecule has 7 heteroatoms. The first kappa shape index (κ1) is 16.1. The summed E-state index contributed by atoms with van der Waals surface area (Å²) in [4.78, 5) is -0.371. The van der Waals surface area contributed by atoms with Crippen LogP contribution in [-0.4, -0.2) is 8.42 Å². The van der Waals surface area contributed by atoms with Gasteiger partial charge in [-0.05, 0) is 29.3 Å². The van der Waals surface area contributed by atoms with Crippen LogP contribution >= 0.6 is 15.9 Å². The average Bonchev–Trinajstić information content (AvgIpc) is 2.45. The summed E-state index contributed by atoms with van der Waals surface area (Å²) < 4.78 is 40.7. The van der Waals surface area contributed by atoms with Crippen LogP contribution in [0, 0.1) is 5.82 Å². The zero-order chi connectivity index (χ0) is 15.5. The SMILES string of the molecule is NCc1ccc(CNS(=O)(=O)c2ccc(Br)cc2F)cc1. The Hall–Kier alpha value is -1.28. The third kappa shape index (κ3) is 4.10. The minimum absolute atomic E-state index is 0.0860. The Morgan fingerprint density at radius 3 is 2.29 bits per heavy atom. The molecule has 0 bridgehead atoms. The quantitative estimate of drug-likeness (QED) is 0.846. The van der Waals surface area contributed by atoms with Crippen LogP contribution in [0.5, 0.6) is 0 Å². The molecule has 3 N–H and O–H groups in total. The Bertz CT molecular complexity index is 733. The van der Waals surface area contributed by atoms with Crippen LogP contribution < -0.4 is 10.5 Å². The molecule has 0 unspecified atom stereocenters. The van der Waals surface area contributed by atoms with E-state index < -0.39 is 15.8 Å². The Kier molecular flexibility index (Phi) is 5.10. The summed E-state index contributed by atoms with van der Waals surface area (Å²) >= 11 is 3.09. The van der Waals surface area contributed by atoms with Gasteiger partial charge >= 0.3 is 0 Å². The molecule has 0 heterocycles. The lowest BCUT2D eigenvalue weighted by molar-refractivity contribution is 0.556. The van der Waals surface area contributed by atoms with Gasteiger partial charge in [0.2, 0.25) is 10.0 Å². The monoisotopic (exact) mass is 372 g/mol. The van der Waals surface area contributed by atoms with E-state index >= 15 is 0 Å². The van der Waals surface area contributed by atoms with Crippen LogP contribution in [0.15, 0.2) is 51.8 Å². The van der Waals surface area contributed by atoms with Crippen molar-refractivity contribution in [3.63, 3.8) is 0 Å². The van der Waals surface area contributed by atoms with E-state index in [4.69, 9.17) is 5.73 Å². The summed E-state index contributed by atoms with van der Waals surface area (Å²) in [7, 11) is -3.89. The van der Waals surface area contributed by atoms with Crippen LogP contribution in [0.4, 0.5) is 4.39 Å². The Morgan fingerprint density at radius 1 is 1.10 bits per heavy atom. The second-order valence-electron chi connectivity index (χ2n) is 4.42. The van der Waals surface area contributed by atoms with E-state index in [1.807, 2.05) is 12.1 Å². The maximum Gasteiger partial charge on any atom is 0.243 e. The summed E-state index contributed by atoms with van der Waals surface area (Å²) in [5, 5.41) is 0. The van der Waals surface area contributed by atoms with Crippen LogP contribution in [0.25, 0.3) is 0 Å². The number of nitrogens with one attached hydrogen (secondary N) is 1. The Balaban J connectivity index is 2.13. The van der Waals surface area contributed by atoms with Gasteiger partial charge < -0.3 is 5.73 Å². The van der Waals surface area contributed by atoms with Gasteiger partial charge in [-0.3, -0.25) is 0 Å². The number of nitrogens with two attached hydrogens (primary N) is 1. The first-order valence-electron chi connectivity index (χ1n) is 6.15. The summed E-state index contributed by atoms with van der Waals surface area (Å²) in [6.45, 7) is 0.513. The molecular weight excluding hydrogens is 359 g/mol. The van der Waals surface area contributed by atoms with Crippen LogP contribution in [0.3, 0.4) is 0 Å². The molecule has 112 valence electrons. The van der Waals surface area contributed by atoms with Crippen LogP contribution in [0.2, 0.25) is 0 Å². The van der Waals surface area contributed by atoms with Gasteiger partial charge in [-0.1, -0.05) is 40.2 Å². The fraction of sp³-hybridized carbons (Fsp3) is 0.143. The van der Waals surface area contributed by atoms with Gasteiger partial charge in [-0.2, -0.15) is 0 Å². The van der Waals surface area contributed by atoms with Crippen molar-refractivity contribution in [2.45, 2.75) is 18.0 Å². The van der Waals surface area contributed by atoms with Crippen molar-refractivity contribution < 1.29 is 12.8 Å². The first-order chi connectivity index (χ1) is 9.92. The van der Waals surface area contributed by atoms with Crippen molar-refractivity contribution in [3.8, 4) is 0 Å². The number of rotatable bonds is 5. The average molecular weight is 373 g/mol. The predicted molar refractivity (Wildman–Crippen MR) is 82.5 cm³/mol. The van der Waals surface area contributed by atoms with Crippen molar-refractivity contribution in [1.82, 2.24) is 4.72 Å². The molecule has 0 radical (unpaired) electrons. The van der Waals surface area contributed by atoms with Gasteiger partial charge in [0.15, 0.2) is 0 Å². The lowest BCUT2D eigenvalue weighted by atomic mass is 10.1. The number of sulfonamides is 1. The molecule has 0 amide bonds. The van der Waals surface area contributed by atoms with Gasteiger partial charge in [0.05, 0.1) is 0 Å². The fourth-order valence-corrected chi connectivity index (χ4v) is 3.15. The molecule has 0 spiro atoms. The molecule has 0 fully saturated rings. The van der Waals surface area contributed by atoms with Crippen molar-refractivity contribution in [2.24, 2.45) is 5.73 Å². The van der Waals surface area contributed by atoms with E-state index in [1.54, 1.807) is 12.1 Å². The molecule has 21 heavy (non-hydrogen) atoms. The van der Waals surface area contributed by atoms with E-state index in [0.29, 0.717) is 11.0 Å². The van der Waals surface area contributed by atoms with Gasteiger partial charge in [0.25, 0.3) is 0 Å². The van der Waals surface area contributed by atoms with Crippen molar-refractivity contribution >= 4 is 26.0 Å². The fourth-order valence-electron chi connectivity index (χ4n) is 1.74. The summed E-state index contributed by atoms with van der Waals surface area (Å²) in [6.07, 6.45) is 0. The minimum Gasteiger partial charge on any atom is -0.326 e. The van der Waals surface area contributed by atoms with E-state index in [2.05, 4.69) is 20.7 Å². The molecule has 2 aromatic carbocycles. The highest BCUT2D eigenvalue weighted by Crippen LogP contribution is 2.19. The van der Waals surface area contributed by atoms with Gasteiger partial charge in [0.1, 0.15) is 10.7 Å². The third-order valence-electron chi connectivity index (χ3n) is 2.91. The second kappa shape index (κ2) is 6.65. The van der Waals surface area contributed by atoms with E-state index in [1.165, 1.54) is 12.1 Å². The van der Waals surface area contributed by atoms with Crippen molar-refractivity contribution in [3.05, 3.63) is 63.9 Å². The van der Waals surface area contributed by atoms with Crippen molar-refractivity contribution in [2.75, 3.05) is 0 Å². The zero-order valence-corrected chi connectivity index (χ0v) is 13.4. The normalized spacial score (nSPS) is 11.6. The smallest absolute Gasteiger partial charge is 0.243 e. The van der Waals surface area contributed by atoms with Crippen LogP contribution in [-0.2, 0) is 23.1 Å². The lowest BCUT2D eigenvalue weighted by Gasteiger charge is -2.08. The largest absolute Gasteiger partial charge is 0.326 e. The van der Waals surface area contributed by atoms with Gasteiger partial charge in [0, 0.05) is 17.6 Å². The first-order valence-corrected chi connectivity index (χ1v) is 8.42. The summed E-state index contributed by atoms with van der Waals surface area (Å²) in [5.41, 5.74) is 7.22. The van der Waals surface area contributed by atoms with Gasteiger partial charge in [-0.15, -0.1) is 0 Å². The molecule has 0 aromatic heterocycles. The van der Waals surface area contributed by atoms with Crippen molar-refractivity contribution in [1.29, 1.82) is 0 Å². The molecule has 4 nitrogen and oxygen atoms in total. The molecule has 0 aliphatic carbocycles. The molecule has 0 aliphatic heterocycles. The molecule has 0 saturated carbocycles. The summed E-state index contributed by atoms with van der Waals surface area (Å²) in [5.74, 6) is -0.796. The number of halogens is 2. The number of hydrogen-bond acceptors (Lipinski definition) is 3. The van der Waals surface area contributed by atoms with Gasteiger partial charge in [-0.25, -0.2) is 17.5 Å². The van der Waals surface area contributed by atoms with E-state index in [0.717, 1.165) is 17.2 Å². The lowest BCUT2D eigenvalue weighted by Crippen LogP contribution is -2.24. The standard InChI is InChI=1S/C14H14BrFN2O2S/c15-12-5-6-14(13(16)7-12)21(19,20)18-9-11-3-1-10(8-17)2-4-11/h1-7,18H,8-9,17H2. The highest BCUT2D eigenvalue weighted by atomic mass is 79.9. The molecule has 0 atom stereocenters. The number of benzene rings is 2. The third-order valence-corrected chi connectivity index (χ3v) is 4.84. The highest BCUT2D eigenvalue weighted by molar-refractivity contribution is 9.10. The number of hydrogen-bond donors (Lipinski definition) is 2. The second-order valence-corrected chi connectivity index (χ2v) is 7.07. The maximum atomic E-state index is 13.7. The Labute approximate surface area is 131 Å². The molecule has 2 rings (SSSR count). The van der Waals surface area contributed by atoms with E-state index in [9.17, 15) is 12.8 Å². The Morgan fingerprint density at radius 2 is 1.71 bits per heavy atom. The minimum atomic E-state index is -3.89. The van der Waals surface area contributed by atoms with E-state index in [-0.39, 0.29) is 11.4 Å². The molecule has 0 aliphatic rings. The zero-order valence-electron chi connectivity index (χ0n) is 11.0. The maximum absolute atomic E-state index is 13.7. The molecule has 0 saturated heterocycles. The molecule has 2 aromatic rings. The van der Waals surface area contributed by atoms with Crippen LogP contribution in [0.1, 0.15) is 11.1 Å². The molecular formula is C14H14BrFN2O2S. The predicted octanol–water partition coefficient (Wildman–Crippen LogP) is 2.53. The topological polar surface area (TPSA) is 72.2 Å². The highest BCUT2D eigenvalue weighted by Gasteiger charge is 2.18.